The fourth-order valence-corrected chi connectivity index (χ4v) is 5.29. The number of hydrogen-bond acceptors (Lipinski definition) is 4. The minimum atomic E-state index is -0.601. The van der Waals surface area contributed by atoms with Crippen molar-refractivity contribution in [1.82, 2.24) is 9.80 Å². The molecule has 2 amide bonds. The van der Waals surface area contributed by atoms with Gasteiger partial charge in [0.25, 0.3) is 5.91 Å². The third-order valence-electron chi connectivity index (χ3n) is 6.58. The summed E-state index contributed by atoms with van der Waals surface area (Å²) in [7, 11) is 0. The number of hydrogen-bond donors (Lipinski definition) is 0. The Hall–Kier alpha value is -3.26. The lowest BCUT2D eigenvalue weighted by Gasteiger charge is -2.37. The number of carbonyl (C=O) groups excluding carboxylic acids is 2. The van der Waals surface area contributed by atoms with Gasteiger partial charge in [-0.15, -0.1) is 11.3 Å². The molecule has 0 radical (unpaired) electrons. The summed E-state index contributed by atoms with van der Waals surface area (Å²) in [5.74, 6) is -0.995. The van der Waals surface area contributed by atoms with Crippen LogP contribution in [0, 0.1) is 17.6 Å². The average molecular weight is 513 g/mol. The van der Waals surface area contributed by atoms with Crippen LogP contribution in [0.2, 0.25) is 0 Å². The predicted octanol–water partition coefficient (Wildman–Crippen LogP) is 5.72. The summed E-state index contributed by atoms with van der Waals surface area (Å²) < 4.78 is 33.6. The Bertz CT molecular complexity index is 1200. The van der Waals surface area contributed by atoms with Crippen molar-refractivity contribution >= 4 is 23.2 Å². The predicted molar refractivity (Wildman–Crippen MR) is 136 cm³/mol. The van der Waals surface area contributed by atoms with Crippen LogP contribution in [0.5, 0.6) is 5.75 Å². The van der Waals surface area contributed by atoms with Gasteiger partial charge in [0.2, 0.25) is 5.91 Å². The van der Waals surface area contributed by atoms with Gasteiger partial charge < -0.3 is 14.5 Å². The highest BCUT2D eigenvalue weighted by Crippen LogP contribution is 2.34. The average Bonchev–Trinajstić information content (AvgIpc) is 3.36. The minimum absolute atomic E-state index is 0.0384. The van der Waals surface area contributed by atoms with Crippen LogP contribution in [0.1, 0.15) is 47.1 Å². The number of thiophene rings is 1. The Morgan fingerprint density at radius 3 is 2.61 bits per heavy atom. The summed E-state index contributed by atoms with van der Waals surface area (Å²) in [6.45, 7) is 4.92. The van der Waals surface area contributed by atoms with Gasteiger partial charge in [-0.05, 0) is 65.7 Å². The van der Waals surface area contributed by atoms with Crippen molar-refractivity contribution in [3.8, 4) is 5.75 Å². The third kappa shape index (κ3) is 5.93. The quantitative estimate of drug-likeness (QED) is 0.369. The van der Waals surface area contributed by atoms with Gasteiger partial charge in [0.1, 0.15) is 30.5 Å². The molecule has 1 aromatic heterocycles. The molecule has 0 aliphatic carbocycles. The third-order valence-corrected chi connectivity index (χ3v) is 7.58. The summed E-state index contributed by atoms with van der Waals surface area (Å²) >= 11 is 1.65. The molecule has 190 valence electrons. The monoisotopic (exact) mass is 512 g/mol. The number of rotatable bonds is 9. The highest BCUT2D eigenvalue weighted by Gasteiger charge is 2.34. The standard InChI is InChI=1S/C28H30F2N2O3S/c1-3-19(2)16-31(28(34)22-6-4-5-7-24(22)30)17-27(33)32-14-12-26-23(13-15-36-26)25(32)18-35-21-10-8-20(29)9-11-21/h4-11,13,15,19,25H,3,12,14,16-18H2,1-2H3/t19-,25-/m0/s1. The number of amides is 2. The summed E-state index contributed by atoms with van der Waals surface area (Å²) in [4.78, 5) is 31.3. The molecule has 2 aromatic carbocycles. The molecule has 1 aliphatic rings. The van der Waals surface area contributed by atoms with Crippen molar-refractivity contribution in [2.45, 2.75) is 32.7 Å². The lowest BCUT2D eigenvalue weighted by Crippen LogP contribution is -2.48. The molecule has 0 saturated heterocycles. The molecule has 36 heavy (non-hydrogen) atoms. The molecule has 0 spiro atoms. The fraction of sp³-hybridized carbons (Fsp3) is 0.357. The molecule has 2 heterocycles. The molecule has 0 fully saturated rings. The molecule has 8 heteroatoms. The minimum Gasteiger partial charge on any atom is -0.491 e. The summed E-state index contributed by atoms with van der Waals surface area (Å²) in [6.07, 6.45) is 1.55. The summed E-state index contributed by atoms with van der Waals surface area (Å²) in [5.41, 5.74) is 0.985. The first-order chi connectivity index (χ1) is 17.4. The topological polar surface area (TPSA) is 49.9 Å². The molecule has 5 nitrogen and oxygen atoms in total. The van der Waals surface area contributed by atoms with Gasteiger partial charge in [-0.3, -0.25) is 9.59 Å². The van der Waals surface area contributed by atoms with E-state index in [2.05, 4.69) is 0 Å². The van der Waals surface area contributed by atoms with E-state index in [4.69, 9.17) is 4.74 Å². The first kappa shape index (κ1) is 25.8. The highest BCUT2D eigenvalue weighted by atomic mass is 32.1. The number of carbonyl (C=O) groups is 2. The lowest BCUT2D eigenvalue weighted by atomic mass is 10.00. The Balaban J connectivity index is 1.55. The van der Waals surface area contributed by atoms with Crippen LogP contribution in [-0.4, -0.2) is 47.9 Å². The number of benzene rings is 2. The van der Waals surface area contributed by atoms with Gasteiger partial charge in [0.15, 0.2) is 0 Å². The van der Waals surface area contributed by atoms with Gasteiger partial charge in [-0.1, -0.05) is 32.4 Å². The maximum Gasteiger partial charge on any atom is 0.257 e. The second kappa shape index (κ2) is 11.6. The molecule has 4 rings (SSSR count). The number of ether oxygens (including phenoxy) is 1. The maximum absolute atomic E-state index is 14.4. The van der Waals surface area contributed by atoms with Crippen molar-refractivity contribution in [2.75, 3.05) is 26.2 Å². The Morgan fingerprint density at radius 1 is 1.14 bits per heavy atom. The van der Waals surface area contributed by atoms with Gasteiger partial charge in [-0.25, -0.2) is 8.78 Å². The molecule has 2 atom stereocenters. The number of nitrogens with zero attached hydrogens (tertiary/aromatic N) is 2. The van der Waals surface area contributed by atoms with E-state index in [0.717, 1.165) is 18.4 Å². The van der Waals surface area contributed by atoms with E-state index in [0.29, 0.717) is 18.8 Å². The zero-order chi connectivity index (χ0) is 25.7. The zero-order valence-corrected chi connectivity index (χ0v) is 21.3. The second-order valence-corrected chi connectivity index (χ2v) is 10.1. The van der Waals surface area contributed by atoms with E-state index in [9.17, 15) is 18.4 Å². The normalized spacial score (nSPS) is 15.8. The Kier molecular flexibility index (Phi) is 8.36. The van der Waals surface area contributed by atoms with Gasteiger partial charge in [-0.2, -0.15) is 0 Å². The van der Waals surface area contributed by atoms with Crippen LogP contribution in [0.3, 0.4) is 0 Å². The molecule has 0 N–H and O–H groups in total. The largest absolute Gasteiger partial charge is 0.491 e. The first-order valence-corrected chi connectivity index (χ1v) is 13.0. The molecule has 3 aromatic rings. The molecular formula is C28H30F2N2O3S. The first-order valence-electron chi connectivity index (χ1n) is 12.1. The van der Waals surface area contributed by atoms with Crippen molar-refractivity contribution < 1.29 is 23.1 Å². The second-order valence-electron chi connectivity index (χ2n) is 9.10. The highest BCUT2D eigenvalue weighted by molar-refractivity contribution is 7.10. The molecule has 0 saturated carbocycles. The van der Waals surface area contributed by atoms with Crippen molar-refractivity contribution in [3.63, 3.8) is 0 Å². The number of halogens is 2. The van der Waals surface area contributed by atoms with E-state index in [1.807, 2.05) is 25.3 Å². The van der Waals surface area contributed by atoms with Crippen LogP contribution in [0.15, 0.2) is 60.0 Å². The van der Waals surface area contributed by atoms with Crippen LogP contribution in [-0.2, 0) is 11.2 Å². The van der Waals surface area contributed by atoms with E-state index in [1.165, 1.54) is 40.1 Å². The Labute approximate surface area is 214 Å². The van der Waals surface area contributed by atoms with E-state index >= 15 is 0 Å². The maximum atomic E-state index is 14.4. The molecule has 0 bridgehead atoms. The SMILES string of the molecule is CC[C@H](C)CN(CC(=O)N1CCc2sccc2[C@@H]1COc1ccc(F)cc1)C(=O)c1ccccc1F. The van der Waals surface area contributed by atoms with Crippen LogP contribution in [0.25, 0.3) is 0 Å². The van der Waals surface area contributed by atoms with Gasteiger partial charge in [0, 0.05) is 18.0 Å². The Morgan fingerprint density at radius 2 is 1.89 bits per heavy atom. The van der Waals surface area contributed by atoms with Gasteiger partial charge >= 0.3 is 0 Å². The smallest absolute Gasteiger partial charge is 0.257 e. The molecule has 0 unspecified atom stereocenters. The number of fused-ring (bicyclic) bond motifs is 1. The van der Waals surface area contributed by atoms with E-state index < -0.39 is 11.7 Å². The van der Waals surface area contributed by atoms with E-state index in [-0.39, 0.29) is 42.4 Å². The van der Waals surface area contributed by atoms with Crippen molar-refractivity contribution in [2.24, 2.45) is 5.92 Å². The summed E-state index contributed by atoms with van der Waals surface area (Å²) in [6, 6.07) is 13.3. The summed E-state index contributed by atoms with van der Waals surface area (Å²) in [5, 5.41) is 2.00. The van der Waals surface area contributed by atoms with Gasteiger partial charge in [0.05, 0.1) is 11.6 Å². The zero-order valence-electron chi connectivity index (χ0n) is 20.5. The van der Waals surface area contributed by atoms with Crippen molar-refractivity contribution in [3.05, 3.63) is 87.6 Å². The van der Waals surface area contributed by atoms with Crippen LogP contribution < -0.4 is 4.74 Å². The van der Waals surface area contributed by atoms with Crippen LogP contribution in [0.4, 0.5) is 8.78 Å². The lowest BCUT2D eigenvalue weighted by molar-refractivity contribution is -0.135. The van der Waals surface area contributed by atoms with E-state index in [1.54, 1.807) is 34.4 Å². The molecule has 1 aliphatic heterocycles. The molecular weight excluding hydrogens is 482 g/mol. The van der Waals surface area contributed by atoms with Crippen molar-refractivity contribution in [1.29, 1.82) is 0 Å². The van der Waals surface area contributed by atoms with Crippen LogP contribution >= 0.6 is 11.3 Å². The fourth-order valence-electron chi connectivity index (χ4n) is 4.36.